The number of ether oxygens (including phenoxy) is 1. The van der Waals surface area contributed by atoms with Gasteiger partial charge in [0, 0.05) is 0 Å². The Hall–Kier alpha value is -1.13. The van der Waals surface area contributed by atoms with E-state index in [9.17, 15) is 9.50 Å². The van der Waals surface area contributed by atoms with E-state index in [1.807, 2.05) is 0 Å². The van der Waals surface area contributed by atoms with Crippen LogP contribution in [0, 0.1) is 5.82 Å². The van der Waals surface area contributed by atoms with Crippen LogP contribution in [-0.2, 0) is 0 Å². The van der Waals surface area contributed by atoms with E-state index in [-0.39, 0.29) is 5.75 Å². The van der Waals surface area contributed by atoms with Crippen molar-refractivity contribution in [3.05, 3.63) is 29.6 Å². The largest absolute Gasteiger partial charge is 0.494 e. The van der Waals surface area contributed by atoms with Gasteiger partial charge in [-0.25, -0.2) is 4.39 Å². The molecule has 0 aliphatic heterocycles. The van der Waals surface area contributed by atoms with Gasteiger partial charge in [-0.05, 0) is 30.7 Å². The second-order valence-electron chi connectivity index (χ2n) is 2.99. The summed E-state index contributed by atoms with van der Waals surface area (Å²) in [4.78, 5) is 0. The lowest BCUT2D eigenvalue weighted by molar-refractivity contribution is 0.169. The first-order valence-electron chi connectivity index (χ1n) is 4.40. The lowest BCUT2D eigenvalue weighted by atomic mass is 10.1. The monoisotopic (exact) mass is 199 g/mol. The molecule has 78 valence electrons. The molecule has 0 amide bonds. The maximum absolute atomic E-state index is 13.2. The molecule has 0 bridgehead atoms. The van der Waals surface area contributed by atoms with Crippen LogP contribution in [0.15, 0.2) is 18.2 Å². The van der Waals surface area contributed by atoms with Crippen LogP contribution in [0.1, 0.15) is 18.1 Å². The predicted molar refractivity (Wildman–Crippen MR) is 51.6 cm³/mol. The zero-order valence-corrected chi connectivity index (χ0v) is 8.03. The lowest BCUT2D eigenvalue weighted by Gasteiger charge is -2.10. The zero-order valence-electron chi connectivity index (χ0n) is 8.03. The van der Waals surface area contributed by atoms with Gasteiger partial charge in [-0.3, -0.25) is 0 Å². The smallest absolute Gasteiger partial charge is 0.165 e. The molecular weight excluding hydrogens is 185 g/mol. The van der Waals surface area contributed by atoms with Gasteiger partial charge in [0.15, 0.2) is 11.6 Å². The summed E-state index contributed by atoms with van der Waals surface area (Å²) in [7, 11) is 1.40. The van der Waals surface area contributed by atoms with Gasteiger partial charge >= 0.3 is 0 Å². The van der Waals surface area contributed by atoms with E-state index in [1.165, 1.54) is 19.2 Å². The molecule has 1 atom stereocenters. The Morgan fingerprint density at radius 2 is 2.29 bits per heavy atom. The van der Waals surface area contributed by atoms with Gasteiger partial charge < -0.3 is 15.6 Å². The Bertz CT molecular complexity index is 304. The molecule has 0 aliphatic rings. The molecule has 0 aliphatic carbocycles. The second-order valence-corrected chi connectivity index (χ2v) is 2.99. The maximum atomic E-state index is 13.2. The van der Waals surface area contributed by atoms with Crippen molar-refractivity contribution >= 4 is 0 Å². The van der Waals surface area contributed by atoms with Crippen molar-refractivity contribution < 1.29 is 14.2 Å². The lowest BCUT2D eigenvalue weighted by Crippen LogP contribution is -2.07. The van der Waals surface area contributed by atoms with Crippen molar-refractivity contribution in [3.63, 3.8) is 0 Å². The summed E-state index contributed by atoms with van der Waals surface area (Å²) in [5.74, 6) is -0.297. The van der Waals surface area contributed by atoms with Crippen molar-refractivity contribution in [3.8, 4) is 5.75 Å². The molecule has 3 N–H and O–H groups in total. The Morgan fingerprint density at radius 3 is 2.79 bits per heavy atom. The fourth-order valence-corrected chi connectivity index (χ4v) is 1.21. The molecule has 0 aromatic heterocycles. The van der Waals surface area contributed by atoms with Gasteiger partial charge in [-0.2, -0.15) is 0 Å². The standard InChI is InChI=1S/C10H14FNO2/c1-14-10-3-2-7(6-8(10)11)9(13)4-5-12/h2-3,6,9,13H,4-5,12H2,1H3/t9-/m1/s1. The molecule has 0 radical (unpaired) electrons. The first-order valence-corrected chi connectivity index (χ1v) is 4.40. The zero-order chi connectivity index (χ0) is 10.6. The van der Waals surface area contributed by atoms with Crippen molar-refractivity contribution in [1.82, 2.24) is 0 Å². The maximum Gasteiger partial charge on any atom is 0.165 e. The molecule has 1 aromatic rings. The Morgan fingerprint density at radius 1 is 1.57 bits per heavy atom. The van der Waals surface area contributed by atoms with Gasteiger partial charge in [0.1, 0.15) is 0 Å². The van der Waals surface area contributed by atoms with E-state index < -0.39 is 11.9 Å². The Kier molecular flexibility index (Phi) is 3.85. The third kappa shape index (κ3) is 2.43. The van der Waals surface area contributed by atoms with Crippen molar-refractivity contribution in [2.75, 3.05) is 13.7 Å². The molecule has 1 aromatic carbocycles. The van der Waals surface area contributed by atoms with E-state index in [2.05, 4.69) is 0 Å². The first kappa shape index (κ1) is 10.9. The molecule has 0 fully saturated rings. The summed E-state index contributed by atoms with van der Waals surface area (Å²) in [6, 6.07) is 4.38. The van der Waals surface area contributed by atoms with Crippen LogP contribution < -0.4 is 10.5 Å². The number of rotatable bonds is 4. The Balaban J connectivity index is 2.85. The van der Waals surface area contributed by atoms with Crippen LogP contribution in [0.3, 0.4) is 0 Å². The molecule has 4 heteroatoms. The molecule has 1 rings (SSSR count). The molecular formula is C10H14FNO2. The van der Waals surface area contributed by atoms with Gasteiger partial charge in [-0.1, -0.05) is 6.07 Å². The van der Waals surface area contributed by atoms with Crippen molar-refractivity contribution in [1.29, 1.82) is 0 Å². The fraction of sp³-hybridized carbons (Fsp3) is 0.400. The molecule has 3 nitrogen and oxygen atoms in total. The number of methoxy groups -OCH3 is 1. The topological polar surface area (TPSA) is 55.5 Å². The molecule has 0 saturated heterocycles. The summed E-state index contributed by atoms with van der Waals surface area (Å²) in [6.07, 6.45) is -0.286. The summed E-state index contributed by atoms with van der Waals surface area (Å²) in [5, 5.41) is 9.52. The SMILES string of the molecule is COc1ccc([C@H](O)CCN)cc1F. The van der Waals surface area contributed by atoms with Crippen LogP contribution in [-0.4, -0.2) is 18.8 Å². The van der Waals surface area contributed by atoms with E-state index in [0.717, 1.165) is 0 Å². The highest BCUT2D eigenvalue weighted by Gasteiger charge is 2.09. The third-order valence-electron chi connectivity index (χ3n) is 2.00. The van der Waals surface area contributed by atoms with Crippen molar-refractivity contribution in [2.24, 2.45) is 5.73 Å². The molecule has 0 spiro atoms. The molecule has 0 unspecified atom stereocenters. The van der Waals surface area contributed by atoms with E-state index in [4.69, 9.17) is 10.5 Å². The number of halogens is 1. The van der Waals surface area contributed by atoms with Crippen LogP contribution >= 0.6 is 0 Å². The Labute approximate surface area is 82.3 Å². The first-order chi connectivity index (χ1) is 6.69. The second kappa shape index (κ2) is 4.93. The van der Waals surface area contributed by atoms with Crippen LogP contribution in [0.4, 0.5) is 4.39 Å². The molecule has 0 saturated carbocycles. The highest BCUT2D eigenvalue weighted by molar-refractivity contribution is 5.30. The van der Waals surface area contributed by atoms with E-state index in [0.29, 0.717) is 18.5 Å². The van der Waals surface area contributed by atoms with Gasteiger partial charge in [0.25, 0.3) is 0 Å². The number of hydrogen-bond acceptors (Lipinski definition) is 3. The highest BCUT2D eigenvalue weighted by Crippen LogP contribution is 2.22. The summed E-state index contributed by atoms with van der Waals surface area (Å²) >= 11 is 0. The van der Waals surface area contributed by atoms with Gasteiger partial charge in [0.2, 0.25) is 0 Å². The average Bonchev–Trinajstić information content (AvgIpc) is 2.18. The van der Waals surface area contributed by atoms with Crippen LogP contribution in [0.2, 0.25) is 0 Å². The minimum atomic E-state index is -0.708. The van der Waals surface area contributed by atoms with Crippen LogP contribution in [0.5, 0.6) is 5.75 Å². The average molecular weight is 199 g/mol. The minimum Gasteiger partial charge on any atom is -0.494 e. The highest BCUT2D eigenvalue weighted by atomic mass is 19.1. The van der Waals surface area contributed by atoms with Gasteiger partial charge in [-0.15, -0.1) is 0 Å². The van der Waals surface area contributed by atoms with Crippen molar-refractivity contribution in [2.45, 2.75) is 12.5 Å². The number of nitrogens with two attached hydrogens (primary N) is 1. The summed E-state index contributed by atoms with van der Waals surface area (Å²) < 4.78 is 17.9. The van der Waals surface area contributed by atoms with E-state index in [1.54, 1.807) is 6.07 Å². The predicted octanol–water partition coefficient (Wildman–Crippen LogP) is 1.22. The quantitative estimate of drug-likeness (QED) is 0.766. The number of aliphatic hydroxyl groups is 1. The number of benzene rings is 1. The number of aliphatic hydroxyl groups excluding tert-OH is 1. The van der Waals surface area contributed by atoms with Gasteiger partial charge in [0.05, 0.1) is 13.2 Å². The summed E-state index contributed by atoms with van der Waals surface area (Å²) in [5.41, 5.74) is 5.80. The third-order valence-corrected chi connectivity index (χ3v) is 2.00. The minimum absolute atomic E-state index is 0.175. The summed E-state index contributed by atoms with van der Waals surface area (Å²) in [6.45, 7) is 0.370. The normalized spacial score (nSPS) is 12.6. The van der Waals surface area contributed by atoms with E-state index >= 15 is 0 Å². The molecule has 0 heterocycles. The number of hydrogen-bond donors (Lipinski definition) is 2. The van der Waals surface area contributed by atoms with Crippen LogP contribution in [0.25, 0.3) is 0 Å². The fourth-order valence-electron chi connectivity index (χ4n) is 1.21. The molecule has 14 heavy (non-hydrogen) atoms.